The maximum absolute atomic E-state index is 12.7. The summed E-state index contributed by atoms with van der Waals surface area (Å²) in [7, 11) is 1.34. The highest BCUT2D eigenvalue weighted by molar-refractivity contribution is 7.17. The van der Waals surface area contributed by atoms with Crippen molar-refractivity contribution in [3.63, 3.8) is 0 Å². The molecule has 2 N–H and O–H groups in total. The second-order valence-electron chi connectivity index (χ2n) is 9.26. The maximum Gasteiger partial charge on any atom is 0.350 e. The third kappa shape index (κ3) is 7.04. The van der Waals surface area contributed by atoms with Crippen molar-refractivity contribution in [2.45, 2.75) is 39.5 Å². The van der Waals surface area contributed by atoms with Crippen LogP contribution in [0.2, 0.25) is 0 Å². The number of carbonyl (C=O) groups is 4. The van der Waals surface area contributed by atoms with E-state index in [1.807, 2.05) is 0 Å². The Balaban J connectivity index is 1.45. The Labute approximate surface area is 250 Å². The van der Waals surface area contributed by atoms with Gasteiger partial charge in [0.05, 0.1) is 29.9 Å². The molecule has 0 bridgehead atoms. The summed E-state index contributed by atoms with van der Waals surface area (Å²) in [5.41, 5.74) is 3.45. The van der Waals surface area contributed by atoms with Gasteiger partial charge in [-0.2, -0.15) is 5.10 Å². The van der Waals surface area contributed by atoms with Crippen molar-refractivity contribution >= 4 is 51.5 Å². The molecule has 1 aliphatic rings. The summed E-state index contributed by atoms with van der Waals surface area (Å²) in [6, 6.07) is 9.80. The number of hydrogen-bond acceptors (Lipinski definition) is 11. The monoisotopic (exact) mass is 608 g/mol. The van der Waals surface area contributed by atoms with Crippen molar-refractivity contribution in [1.29, 1.82) is 0 Å². The van der Waals surface area contributed by atoms with Crippen molar-refractivity contribution < 1.29 is 38.3 Å². The fourth-order valence-electron chi connectivity index (χ4n) is 4.42. The maximum atomic E-state index is 12.7. The fraction of sp³-hybridized carbons (Fsp3) is 0.276. The first-order chi connectivity index (χ1) is 20.6. The van der Waals surface area contributed by atoms with Crippen LogP contribution >= 0.6 is 11.3 Å². The van der Waals surface area contributed by atoms with Gasteiger partial charge in [0.1, 0.15) is 10.6 Å². The fourth-order valence-corrected chi connectivity index (χ4v) is 5.69. The third-order valence-corrected chi connectivity index (χ3v) is 7.72. The number of ether oxygens (including phenoxy) is 3. The number of thiophene rings is 1. The zero-order valence-corrected chi connectivity index (χ0v) is 24.4. The van der Waals surface area contributed by atoms with Gasteiger partial charge in [-0.15, -0.1) is 11.3 Å². The van der Waals surface area contributed by atoms with Crippen LogP contribution in [0.1, 0.15) is 63.4 Å². The van der Waals surface area contributed by atoms with Gasteiger partial charge in [-0.05, 0) is 69.4 Å². The number of nitro benzene ring substituents is 1. The lowest BCUT2D eigenvalue weighted by atomic mass is 9.95. The lowest BCUT2D eigenvalue weighted by Crippen LogP contribution is -2.33. The molecular formula is C29H28N4O9S. The predicted octanol–water partition coefficient (Wildman–Crippen LogP) is 4.42. The summed E-state index contributed by atoms with van der Waals surface area (Å²) in [5.74, 6) is -3.42. The number of aryl methyl sites for hydroxylation is 1. The molecule has 0 saturated heterocycles. The van der Waals surface area contributed by atoms with Crippen LogP contribution in [0.3, 0.4) is 0 Å². The minimum atomic E-state index is -1.05. The van der Waals surface area contributed by atoms with Crippen LogP contribution in [0.25, 0.3) is 0 Å². The highest BCUT2D eigenvalue weighted by atomic mass is 32.1. The molecule has 0 radical (unpaired) electrons. The van der Waals surface area contributed by atoms with Crippen LogP contribution in [-0.2, 0) is 27.2 Å². The minimum absolute atomic E-state index is 0.00154. The molecule has 0 aliphatic heterocycles. The summed E-state index contributed by atoms with van der Waals surface area (Å²) in [4.78, 5) is 62.1. The molecule has 3 aromatic rings. The number of fused-ring (bicyclic) bond motifs is 1. The highest BCUT2D eigenvalue weighted by Crippen LogP contribution is 2.38. The summed E-state index contributed by atoms with van der Waals surface area (Å²) >= 11 is 1.26. The minimum Gasteiger partial charge on any atom is -0.493 e. The van der Waals surface area contributed by atoms with Gasteiger partial charge in [-0.25, -0.2) is 15.0 Å². The van der Waals surface area contributed by atoms with Crippen LogP contribution in [0, 0.1) is 10.1 Å². The number of nitrogens with zero attached hydrogens (tertiary/aromatic N) is 2. The lowest BCUT2D eigenvalue weighted by Gasteiger charge is -2.12. The van der Waals surface area contributed by atoms with Gasteiger partial charge in [0.25, 0.3) is 5.69 Å². The number of hydrogen-bond donors (Lipinski definition) is 2. The Hall–Kier alpha value is -5.11. The summed E-state index contributed by atoms with van der Waals surface area (Å²) in [6.07, 6.45) is 3.37. The predicted molar refractivity (Wildman–Crippen MR) is 157 cm³/mol. The summed E-state index contributed by atoms with van der Waals surface area (Å²) in [5, 5.41) is 18.0. The van der Waals surface area contributed by atoms with E-state index in [0.717, 1.165) is 29.7 Å². The van der Waals surface area contributed by atoms with Gasteiger partial charge in [0, 0.05) is 16.5 Å². The first-order valence-electron chi connectivity index (χ1n) is 13.3. The average molecular weight is 609 g/mol. The molecule has 13 nitrogen and oxygen atoms in total. The van der Waals surface area contributed by atoms with Crippen LogP contribution in [0.4, 0.5) is 10.7 Å². The second kappa shape index (κ2) is 13.7. The van der Waals surface area contributed by atoms with E-state index in [4.69, 9.17) is 14.2 Å². The van der Waals surface area contributed by atoms with E-state index in [1.165, 1.54) is 60.9 Å². The Morgan fingerprint density at radius 3 is 2.49 bits per heavy atom. The number of esters is 2. The first-order valence-corrected chi connectivity index (χ1v) is 14.1. The van der Waals surface area contributed by atoms with Gasteiger partial charge >= 0.3 is 23.8 Å². The number of anilines is 1. The van der Waals surface area contributed by atoms with Crippen LogP contribution in [0.5, 0.6) is 11.5 Å². The largest absolute Gasteiger partial charge is 0.493 e. The molecule has 4 rings (SSSR count). The number of nitrogens with one attached hydrogen (secondary N) is 2. The Morgan fingerprint density at radius 2 is 1.77 bits per heavy atom. The van der Waals surface area contributed by atoms with Gasteiger partial charge in [-0.1, -0.05) is 12.1 Å². The molecule has 224 valence electrons. The zero-order chi connectivity index (χ0) is 31.1. The smallest absolute Gasteiger partial charge is 0.350 e. The van der Waals surface area contributed by atoms with Gasteiger partial charge in [0.15, 0.2) is 11.5 Å². The van der Waals surface area contributed by atoms with E-state index < -0.39 is 34.4 Å². The SMILES string of the molecule is CCOC(=O)c1c(NC(=O)C(=O)NN=C(C)c2ccc(OC(=O)c3ccccc3[N+](=O)[O-])c(OC)c2)sc2c1CCCC2. The molecule has 1 aliphatic carbocycles. The van der Waals surface area contributed by atoms with Crippen molar-refractivity contribution in [3.8, 4) is 11.5 Å². The molecule has 2 aromatic carbocycles. The highest BCUT2D eigenvalue weighted by Gasteiger charge is 2.28. The Kier molecular flexibility index (Phi) is 9.83. The number of amides is 2. The van der Waals surface area contributed by atoms with Gasteiger partial charge in [0.2, 0.25) is 0 Å². The summed E-state index contributed by atoms with van der Waals surface area (Å²) < 4.78 is 15.8. The third-order valence-electron chi connectivity index (χ3n) is 6.51. The normalized spacial score (nSPS) is 12.5. The molecule has 0 fully saturated rings. The number of rotatable bonds is 9. The molecule has 0 saturated carbocycles. The Bertz CT molecular complexity index is 1630. The number of methoxy groups -OCH3 is 1. The van der Waals surface area contributed by atoms with Crippen molar-refractivity contribution in [3.05, 3.63) is 79.7 Å². The topological polar surface area (TPSA) is 176 Å². The quantitative estimate of drug-likeness (QED) is 0.0889. The number of nitro groups is 1. The molecule has 2 amide bonds. The zero-order valence-electron chi connectivity index (χ0n) is 23.6. The molecule has 0 atom stereocenters. The molecule has 1 aromatic heterocycles. The van der Waals surface area contributed by atoms with E-state index in [9.17, 15) is 29.3 Å². The van der Waals surface area contributed by atoms with E-state index in [0.29, 0.717) is 12.0 Å². The first kappa shape index (κ1) is 30.8. The Morgan fingerprint density at radius 1 is 1.02 bits per heavy atom. The molecular weight excluding hydrogens is 580 g/mol. The summed E-state index contributed by atoms with van der Waals surface area (Å²) in [6.45, 7) is 3.43. The molecule has 43 heavy (non-hydrogen) atoms. The van der Waals surface area contributed by atoms with E-state index in [2.05, 4.69) is 15.8 Å². The molecule has 14 heteroatoms. The number of hydrazone groups is 1. The van der Waals surface area contributed by atoms with E-state index in [-0.39, 0.29) is 39.9 Å². The lowest BCUT2D eigenvalue weighted by molar-refractivity contribution is -0.385. The van der Waals surface area contributed by atoms with Crippen LogP contribution in [0.15, 0.2) is 47.6 Å². The standard InChI is InChI=1S/C29H28N4O9S/c1-4-41-29(37)24-19-10-6-8-12-23(19)43-27(24)30-25(34)26(35)32-31-16(2)17-13-14-21(22(15-17)40-3)42-28(36)18-9-5-7-11-20(18)33(38)39/h5,7,9,11,13-15H,4,6,8,10,12H2,1-3H3,(H,30,34)(H,32,35). The van der Waals surface area contributed by atoms with Crippen molar-refractivity contribution in [2.75, 3.05) is 19.0 Å². The van der Waals surface area contributed by atoms with Gasteiger partial charge in [-0.3, -0.25) is 19.7 Å². The second-order valence-corrected chi connectivity index (χ2v) is 10.4. The molecule has 0 spiro atoms. The van der Waals surface area contributed by atoms with Gasteiger partial charge < -0.3 is 19.5 Å². The van der Waals surface area contributed by atoms with Crippen LogP contribution in [-0.4, -0.2) is 48.1 Å². The number of para-hydroxylation sites is 1. The van der Waals surface area contributed by atoms with Crippen molar-refractivity contribution in [1.82, 2.24) is 5.43 Å². The number of carbonyl (C=O) groups excluding carboxylic acids is 4. The number of benzene rings is 2. The van der Waals surface area contributed by atoms with Crippen LogP contribution < -0.4 is 20.2 Å². The van der Waals surface area contributed by atoms with Crippen molar-refractivity contribution in [2.24, 2.45) is 5.10 Å². The molecule has 0 unspecified atom stereocenters. The van der Waals surface area contributed by atoms with E-state index in [1.54, 1.807) is 13.8 Å². The average Bonchev–Trinajstić information content (AvgIpc) is 3.37. The van der Waals surface area contributed by atoms with E-state index >= 15 is 0 Å². The molecule has 1 heterocycles.